The summed E-state index contributed by atoms with van der Waals surface area (Å²) in [7, 11) is 1.88. The lowest BCUT2D eigenvalue weighted by Gasteiger charge is -2.25. The molecule has 8 nitrogen and oxygen atoms in total. The van der Waals surface area contributed by atoms with Crippen molar-refractivity contribution in [1.29, 1.82) is 0 Å². The fourth-order valence-electron chi connectivity index (χ4n) is 3.64. The van der Waals surface area contributed by atoms with Crippen LogP contribution in [0.2, 0.25) is 0 Å². The number of hydrogen-bond acceptors (Lipinski definition) is 6. The third kappa shape index (κ3) is 5.72. The van der Waals surface area contributed by atoms with Gasteiger partial charge in [-0.25, -0.2) is 4.98 Å². The first-order chi connectivity index (χ1) is 16.4. The summed E-state index contributed by atoms with van der Waals surface area (Å²) in [6.45, 7) is 5.17. The molecule has 1 aliphatic heterocycles. The van der Waals surface area contributed by atoms with E-state index in [1.165, 1.54) is 11.8 Å². The van der Waals surface area contributed by atoms with Crippen molar-refractivity contribution in [3.05, 3.63) is 66.0 Å². The number of nitrogens with one attached hydrogen (secondary N) is 2. The second-order valence-corrected chi connectivity index (χ2v) is 9.28. The van der Waals surface area contributed by atoms with Crippen molar-refractivity contribution >= 4 is 29.3 Å². The summed E-state index contributed by atoms with van der Waals surface area (Å²) in [5.74, 6) is 1.52. The number of aromatic nitrogens is 2. The second-order valence-electron chi connectivity index (χ2n) is 8.33. The Bertz CT molecular complexity index is 1160. The molecule has 0 radical (unpaired) electrons. The summed E-state index contributed by atoms with van der Waals surface area (Å²) < 4.78 is 13.2. The smallest absolute Gasteiger partial charge is 0.251 e. The van der Waals surface area contributed by atoms with Crippen LogP contribution in [0.1, 0.15) is 35.8 Å². The predicted molar refractivity (Wildman–Crippen MR) is 131 cm³/mol. The zero-order valence-electron chi connectivity index (χ0n) is 19.4. The van der Waals surface area contributed by atoms with Crippen LogP contribution in [0, 0.1) is 5.92 Å². The second kappa shape index (κ2) is 10.6. The summed E-state index contributed by atoms with van der Waals surface area (Å²) in [6.07, 6.45) is 3.53. The number of hydrogen-bond donors (Lipinski definition) is 2. The van der Waals surface area contributed by atoms with Crippen LogP contribution in [0.3, 0.4) is 0 Å². The van der Waals surface area contributed by atoms with E-state index < -0.39 is 0 Å². The Balaban J connectivity index is 1.36. The number of thioether (sulfide) groups is 1. The Labute approximate surface area is 203 Å². The zero-order chi connectivity index (χ0) is 24.1. The third-order valence-electron chi connectivity index (χ3n) is 5.42. The number of amides is 2. The Morgan fingerprint density at radius 2 is 1.82 bits per heavy atom. The van der Waals surface area contributed by atoms with Gasteiger partial charge in [-0.15, -0.1) is 0 Å². The van der Waals surface area contributed by atoms with Gasteiger partial charge in [-0.05, 0) is 47.9 Å². The van der Waals surface area contributed by atoms with Crippen molar-refractivity contribution in [2.24, 2.45) is 13.0 Å². The van der Waals surface area contributed by atoms with Gasteiger partial charge in [0.2, 0.25) is 5.91 Å². The Kier molecular flexibility index (Phi) is 7.42. The molecule has 1 aromatic heterocycles. The molecule has 0 fully saturated rings. The minimum atomic E-state index is -0.189. The molecule has 2 amide bonds. The first-order valence-electron chi connectivity index (χ1n) is 11.1. The number of benzene rings is 2. The fraction of sp³-hybridized carbons (Fsp3) is 0.320. The summed E-state index contributed by atoms with van der Waals surface area (Å²) in [6, 6.07) is 12.5. The van der Waals surface area contributed by atoms with Crippen molar-refractivity contribution in [3.8, 4) is 11.5 Å². The SMILES string of the molecule is CC(C)[C@H](NC(=O)c1ccc(NC(=O)CSc2nccn2C)cc1)c1ccc2c(c1)OCCO2. The van der Waals surface area contributed by atoms with Crippen LogP contribution in [-0.4, -0.2) is 40.3 Å². The van der Waals surface area contributed by atoms with Gasteiger partial charge in [0.15, 0.2) is 16.7 Å². The summed E-state index contributed by atoms with van der Waals surface area (Å²) >= 11 is 1.36. The Morgan fingerprint density at radius 1 is 1.09 bits per heavy atom. The monoisotopic (exact) mass is 480 g/mol. The molecule has 2 heterocycles. The molecule has 2 aromatic carbocycles. The highest BCUT2D eigenvalue weighted by molar-refractivity contribution is 7.99. The van der Waals surface area contributed by atoms with E-state index in [1.807, 2.05) is 36.0 Å². The number of rotatable bonds is 8. The van der Waals surface area contributed by atoms with Gasteiger partial charge < -0.3 is 24.7 Å². The maximum absolute atomic E-state index is 13.0. The first-order valence-corrected chi connectivity index (χ1v) is 12.1. The quantitative estimate of drug-likeness (QED) is 0.473. The lowest BCUT2D eigenvalue weighted by molar-refractivity contribution is -0.113. The molecule has 0 spiro atoms. The van der Waals surface area contributed by atoms with Crippen LogP contribution >= 0.6 is 11.8 Å². The molecule has 178 valence electrons. The van der Waals surface area contributed by atoms with Crippen LogP contribution in [0.4, 0.5) is 5.69 Å². The maximum atomic E-state index is 13.0. The topological polar surface area (TPSA) is 94.5 Å². The summed E-state index contributed by atoms with van der Waals surface area (Å²) in [4.78, 5) is 29.4. The van der Waals surface area contributed by atoms with E-state index in [0.717, 1.165) is 16.5 Å². The van der Waals surface area contributed by atoms with E-state index in [4.69, 9.17) is 9.47 Å². The van der Waals surface area contributed by atoms with Crippen molar-refractivity contribution < 1.29 is 19.1 Å². The highest BCUT2D eigenvalue weighted by Gasteiger charge is 2.22. The average molecular weight is 481 g/mol. The maximum Gasteiger partial charge on any atom is 0.251 e. The Hall–Kier alpha value is -3.46. The minimum Gasteiger partial charge on any atom is -0.486 e. The number of carbonyl (C=O) groups excluding carboxylic acids is 2. The number of imidazole rings is 1. The van der Waals surface area contributed by atoms with Gasteiger partial charge >= 0.3 is 0 Å². The number of nitrogens with zero attached hydrogens (tertiary/aromatic N) is 2. The van der Waals surface area contributed by atoms with Crippen molar-refractivity contribution in [2.75, 3.05) is 24.3 Å². The van der Waals surface area contributed by atoms with Crippen molar-refractivity contribution in [1.82, 2.24) is 14.9 Å². The molecule has 1 aliphatic rings. The van der Waals surface area contributed by atoms with Gasteiger partial charge in [-0.2, -0.15) is 0 Å². The van der Waals surface area contributed by atoms with E-state index in [9.17, 15) is 9.59 Å². The molecule has 0 saturated carbocycles. The number of carbonyl (C=O) groups is 2. The van der Waals surface area contributed by atoms with Crippen LogP contribution in [-0.2, 0) is 11.8 Å². The van der Waals surface area contributed by atoms with Crippen molar-refractivity contribution in [3.63, 3.8) is 0 Å². The molecule has 4 rings (SSSR count). The molecule has 2 N–H and O–H groups in total. The Morgan fingerprint density at radius 3 is 2.50 bits per heavy atom. The number of fused-ring (bicyclic) bond motifs is 1. The molecule has 0 unspecified atom stereocenters. The minimum absolute atomic E-state index is 0.135. The van der Waals surface area contributed by atoms with Gasteiger partial charge in [-0.3, -0.25) is 9.59 Å². The summed E-state index contributed by atoms with van der Waals surface area (Å²) in [5, 5.41) is 6.75. The molecule has 0 saturated heterocycles. The number of aryl methyl sites for hydroxylation is 1. The largest absolute Gasteiger partial charge is 0.486 e. The molecule has 0 aliphatic carbocycles. The summed E-state index contributed by atoms with van der Waals surface area (Å²) in [5.41, 5.74) is 2.11. The average Bonchev–Trinajstić information content (AvgIpc) is 3.25. The van der Waals surface area contributed by atoms with Crippen LogP contribution in [0.15, 0.2) is 60.0 Å². The standard InChI is InChI=1S/C25H28N4O4S/c1-16(2)23(18-6-9-20-21(14-18)33-13-12-32-20)28-24(31)17-4-7-19(8-5-17)27-22(30)15-34-25-26-10-11-29(25)3/h4-11,14,16,23H,12-13,15H2,1-3H3,(H,27,30)(H,28,31)/t23-/m0/s1. The zero-order valence-corrected chi connectivity index (χ0v) is 20.2. The van der Waals surface area contributed by atoms with Crippen molar-refractivity contribution in [2.45, 2.75) is 25.0 Å². The lowest BCUT2D eigenvalue weighted by Crippen LogP contribution is -2.32. The molecule has 9 heteroatoms. The number of ether oxygens (including phenoxy) is 2. The third-order valence-corrected chi connectivity index (χ3v) is 6.48. The van der Waals surface area contributed by atoms with E-state index in [1.54, 1.807) is 30.5 Å². The van der Waals surface area contributed by atoms with E-state index in [-0.39, 0.29) is 29.5 Å². The normalized spacial score (nSPS) is 13.4. The van der Waals surface area contributed by atoms with E-state index >= 15 is 0 Å². The van der Waals surface area contributed by atoms with Crippen LogP contribution < -0.4 is 20.1 Å². The van der Waals surface area contributed by atoms with Gasteiger partial charge in [0.1, 0.15) is 13.2 Å². The van der Waals surface area contributed by atoms with E-state index in [2.05, 4.69) is 29.5 Å². The number of anilines is 1. The van der Waals surface area contributed by atoms with Gasteiger partial charge in [0.25, 0.3) is 5.91 Å². The molecule has 0 bridgehead atoms. The molecule has 34 heavy (non-hydrogen) atoms. The molecule has 3 aromatic rings. The molecule has 1 atom stereocenters. The molecular formula is C25H28N4O4S. The lowest BCUT2D eigenvalue weighted by atomic mass is 9.95. The first kappa shape index (κ1) is 23.7. The molecular weight excluding hydrogens is 452 g/mol. The van der Waals surface area contributed by atoms with Gasteiger partial charge in [-0.1, -0.05) is 31.7 Å². The predicted octanol–water partition coefficient (Wildman–Crippen LogP) is 4.05. The van der Waals surface area contributed by atoms with E-state index in [0.29, 0.717) is 30.2 Å². The van der Waals surface area contributed by atoms with Crippen LogP contribution in [0.5, 0.6) is 11.5 Å². The van der Waals surface area contributed by atoms with Gasteiger partial charge in [0, 0.05) is 30.7 Å². The highest BCUT2D eigenvalue weighted by atomic mass is 32.2. The van der Waals surface area contributed by atoms with Gasteiger partial charge in [0.05, 0.1) is 11.8 Å². The highest BCUT2D eigenvalue weighted by Crippen LogP contribution is 2.34. The van der Waals surface area contributed by atoms with Crippen LogP contribution in [0.25, 0.3) is 0 Å². The fourth-order valence-corrected chi connectivity index (χ4v) is 4.37.